The summed E-state index contributed by atoms with van der Waals surface area (Å²) in [7, 11) is 0. The molecule has 2 aliphatic rings. The minimum Gasteiger partial charge on any atom is -0.486 e. The summed E-state index contributed by atoms with van der Waals surface area (Å²) in [5.74, 6) is 0.961. The fourth-order valence-electron chi connectivity index (χ4n) is 4.78. The third-order valence-electron chi connectivity index (χ3n) is 6.79. The van der Waals surface area contributed by atoms with Crippen LogP contribution in [-0.4, -0.2) is 65.6 Å². The van der Waals surface area contributed by atoms with Crippen LogP contribution in [0.2, 0.25) is 0 Å². The molecule has 0 spiro atoms. The van der Waals surface area contributed by atoms with Gasteiger partial charge in [0.2, 0.25) is 0 Å². The molecule has 5 rings (SSSR count). The summed E-state index contributed by atoms with van der Waals surface area (Å²) >= 11 is 1.42. The summed E-state index contributed by atoms with van der Waals surface area (Å²) in [4.78, 5) is 34.6. The molecule has 2 aromatic heterocycles. The first kappa shape index (κ1) is 25.8. The van der Waals surface area contributed by atoms with E-state index in [1.165, 1.54) is 11.3 Å². The number of anilines is 3. The number of ether oxygens (including phenoxy) is 2. The zero-order valence-corrected chi connectivity index (χ0v) is 22.1. The highest BCUT2D eigenvalue weighted by Crippen LogP contribution is 2.33. The lowest BCUT2D eigenvalue weighted by Crippen LogP contribution is -2.44. The van der Waals surface area contributed by atoms with E-state index in [4.69, 9.17) is 15.2 Å². The van der Waals surface area contributed by atoms with Gasteiger partial charge in [0.1, 0.15) is 18.9 Å². The van der Waals surface area contributed by atoms with Crippen LogP contribution in [0, 0.1) is 0 Å². The Kier molecular flexibility index (Phi) is 7.94. The zero-order chi connectivity index (χ0) is 26.5. The molecule has 0 saturated carbocycles. The van der Waals surface area contributed by atoms with Crippen molar-refractivity contribution in [2.24, 2.45) is 0 Å². The second-order valence-corrected chi connectivity index (χ2v) is 10.1. The van der Waals surface area contributed by atoms with E-state index in [1.54, 1.807) is 34.0 Å². The second kappa shape index (κ2) is 11.7. The summed E-state index contributed by atoms with van der Waals surface area (Å²) in [6.07, 6.45) is 3.81. The van der Waals surface area contributed by atoms with E-state index in [9.17, 15) is 9.59 Å². The van der Waals surface area contributed by atoms with Crippen molar-refractivity contribution in [3.63, 3.8) is 0 Å². The van der Waals surface area contributed by atoms with Gasteiger partial charge in [0, 0.05) is 47.8 Å². The van der Waals surface area contributed by atoms with Gasteiger partial charge in [0.05, 0.1) is 11.4 Å². The molecule has 2 aliphatic heterocycles. The molecule has 1 aromatic carbocycles. The zero-order valence-electron chi connectivity index (χ0n) is 21.3. The first-order chi connectivity index (χ1) is 18.5. The first-order valence-corrected chi connectivity index (χ1v) is 13.7. The number of urea groups is 1. The normalized spacial score (nSPS) is 16.7. The lowest BCUT2D eigenvalue weighted by atomic mass is 10.2. The summed E-state index contributed by atoms with van der Waals surface area (Å²) in [5.41, 5.74) is 8.71. The summed E-state index contributed by atoms with van der Waals surface area (Å²) < 4.78 is 11.3. The molecular weight excluding hydrogens is 504 g/mol. The highest BCUT2D eigenvalue weighted by molar-refractivity contribution is 7.09. The summed E-state index contributed by atoms with van der Waals surface area (Å²) in [6.45, 7) is 6.07. The van der Waals surface area contributed by atoms with Crippen molar-refractivity contribution in [3.8, 4) is 11.5 Å². The SMILES string of the molecule is CCN1CCCC1CN(Cc1ccc(C(=O)Nc2cscc2N)nc1)C(=O)Nc1ccc2c(c1)OCCO2. The van der Waals surface area contributed by atoms with Crippen LogP contribution in [0.4, 0.5) is 21.9 Å². The maximum absolute atomic E-state index is 13.5. The molecule has 1 atom stereocenters. The molecule has 200 valence electrons. The van der Waals surface area contributed by atoms with Crippen LogP contribution in [0.5, 0.6) is 11.5 Å². The minimum absolute atomic E-state index is 0.209. The number of amides is 3. The van der Waals surface area contributed by atoms with Crippen LogP contribution in [0.1, 0.15) is 35.8 Å². The molecule has 3 amide bonds. The Morgan fingerprint density at radius 3 is 2.74 bits per heavy atom. The van der Waals surface area contributed by atoms with Gasteiger partial charge in [-0.05, 0) is 49.7 Å². The lowest BCUT2D eigenvalue weighted by Gasteiger charge is -2.30. The average molecular weight is 537 g/mol. The van der Waals surface area contributed by atoms with Crippen molar-refractivity contribution < 1.29 is 19.1 Å². The number of benzene rings is 1. The van der Waals surface area contributed by atoms with E-state index < -0.39 is 0 Å². The molecule has 3 aromatic rings. The number of nitrogen functional groups attached to an aromatic ring is 1. The number of carbonyl (C=O) groups is 2. The number of likely N-dealkylation sites (tertiary alicyclic amines) is 1. The number of carbonyl (C=O) groups excluding carboxylic acids is 2. The first-order valence-electron chi connectivity index (χ1n) is 12.8. The third-order valence-corrected chi connectivity index (χ3v) is 7.55. The number of rotatable bonds is 8. The summed E-state index contributed by atoms with van der Waals surface area (Å²) in [5, 5.41) is 9.34. The Hall–Kier alpha value is -3.83. The van der Waals surface area contributed by atoms with Crippen molar-refractivity contribution >= 4 is 40.3 Å². The van der Waals surface area contributed by atoms with Crippen LogP contribution in [-0.2, 0) is 6.54 Å². The van der Waals surface area contributed by atoms with Gasteiger partial charge in [-0.1, -0.05) is 13.0 Å². The van der Waals surface area contributed by atoms with Gasteiger partial charge in [-0.3, -0.25) is 14.7 Å². The van der Waals surface area contributed by atoms with Crippen molar-refractivity contribution in [3.05, 3.63) is 58.5 Å². The van der Waals surface area contributed by atoms with E-state index >= 15 is 0 Å². The lowest BCUT2D eigenvalue weighted by molar-refractivity contribution is 0.102. The molecule has 11 heteroatoms. The number of nitrogens with two attached hydrogens (primary N) is 1. The van der Waals surface area contributed by atoms with Gasteiger partial charge < -0.3 is 30.7 Å². The van der Waals surface area contributed by atoms with Gasteiger partial charge in [-0.2, -0.15) is 0 Å². The largest absolute Gasteiger partial charge is 0.486 e. The summed E-state index contributed by atoms with van der Waals surface area (Å²) in [6, 6.07) is 8.98. The fraction of sp³-hybridized carbons (Fsp3) is 0.370. The topological polar surface area (TPSA) is 122 Å². The van der Waals surface area contributed by atoms with Gasteiger partial charge in [-0.15, -0.1) is 11.3 Å². The van der Waals surface area contributed by atoms with Crippen LogP contribution in [0.15, 0.2) is 47.3 Å². The smallest absolute Gasteiger partial charge is 0.322 e. The van der Waals surface area contributed by atoms with Crippen LogP contribution in [0.25, 0.3) is 0 Å². The highest BCUT2D eigenvalue weighted by Gasteiger charge is 2.28. The van der Waals surface area contributed by atoms with E-state index in [1.807, 2.05) is 18.2 Å². The average Bonchev–Trinajstić information content (AvgIpc) is 3.56. The minimum atomic E-state index is -0.334. The predicted molar refractivity (Wildman–Crippen MR) is 148 cm³/mol. The fourth-order valence-corrected chi connectivity index (χ4v) is 5.46. The number of nitrogens with zero attached hydrogens (tertiary/aromatic N) is 3. The maximum Gasteiger partial charge on any atom is 0.322 e. The van der Waals surface area contributed by atoms with Gasteiger partial charge in [0.25, 0.3) is 5.91 Å². The monoisotopic (exact) mass is 536 g/mol. The molecule has 10 nitrogen and oxygen atoms in total. The van der Waals surface area contributed by atoms with E-state index in [-0.39, 0.29) is 17.6 Å². The maximum atomic E-state index is 13.5. The molecule has 4 N–H and O–H groups in total. The number of nitrogens with one attached hydrogen (secondary N) is 2. The quantitative estimate of drug-likeness (QED) is 0.393. The number of likely N-dealkylation sites (N-methyl/N-ethyl adjacent to an activating group) is 1. The van der Waals surface area contributed by atoms with Gasteiger partial charge in [0.15, 0.2) is 11.5 Å². The Bertz CT molecular complexity index is 1280. The van der Waals surface area contributed by atoms with E-state index in [0.29, 0.717) is 60.9 Å². The molecule has 1 saturated heterocycles. The number of hydrogen-bond acceptors (Lipinski definition) is 8. The van der Waals surface area contributed by atoms with Crippen LogP contribution in [0.3, 0.4) is 0 Å². The Morgan fingerprint density at radius 1 is 1.16 bits per heavy atom. The van der Waals surface area contributed by atoms with Gasteiger partial charge in [-0.25, -0.2) is 4.79 Å². The number of fused-ring (bicyclic) bond motifs is 1. The van der Waals surface area contributed by atoms with Crippen molar-refractivity contribution in [2.75, 3.05) is 49.2 Å². The molecule has 0 radical (unpaired) electrons. The molecule has 4 heterocycles. The van der Waals surface area contributed by atoms with Crippen LogP contribution >= 0.6 is 11.3 Å². The van der Waals surface area contributed by atoms with Gasteiger partial charge >= 0.3 is 6.03 Å². The molecule has 0 bridgehead atoms. The Labute approximate surface area is 225 Å². The molecule has 0 aliphatic carbocycles. The third kappa shape index (κ3) is 6.00. The van der Waals surface area contributed by atoms with Crippen molar-refractivity contribution in [2.45, 2.75) is 32.4 Å². The standard InChI is InChI=1S/C27H32N6O4S/c1-2-32-9-3-4-20(32)15-33(27(35)30-19-6-8-24-25(12-19)37-11-10-36-24)14-18-5-7-22(29-13-18)26(34)31-23-17-38-16-21(23)28/h5-8,12-13,16-17,20H,2-4,9-11,14-15,28H2,1H3,(H,30,35)(H,31,34). The molecular formula is C27H32N6O4S. The highest BCUT2D eigenvalue weighted by atomic mass is 32.1. The van der Waals surface area contributed by atoms with Crippen molar-refractivity contribution in [1.29, 1.82) is 0 Å². The Balaban J connectivity index is 1.29. The predicted octanol–water partition coefficient (Wildman–Crippen LogP) is 4.27. The number of hydrogen-bond donors (Lipinski definition) is 3. The number of thiophene rings is 1. The molecule has 38 heavy (non-hydrogen) atoms. The molecule has 1 unspecified atom stereocenters. The van der Waals surface area contributed by atoms with Crippen LogP contribution < -0.4 is 25.8 Å². The molecule has 1 fully saturated rings. The number of pyridine rings is 1. The second-order valence-electron chi connectivity index (χ2n) is 9.34. The van der Waals surface area contributed by atoms with Crippen molar-refractivity contribution in [1.82, 2.24) is 14.8 Å². The van der Waals surface area contributed by atoms with E-state index in [2.05, 4.69) is 27.4 Å². The number of aromatic nitrogens is 1. The Morgan fingerprint density at radius 2 is 2.00 bits per heavy atom. The van der Waals surface area contributed by atoms with E-state index in [0.717, 1.165) is 31.5 Å².